The Morgan fingerprint density at radius 1 is 1.02 bits per heavy atom. The van der Waals surface area contributed by atoms with Gasteiger partial charge >= 0.3 is 0 Å². The zero-order chi connectivity index (χ0) is 29.2. The summed E-state index contributed by atoms with van der Waals surface area (Å²) in [6, 6.07) is 10.1. The molecule has 0 saturated carbocycles. The van der Waals surface area contributed by atoms with E-state index in [1.165, 1.54) is 45.2 Å². The fraction of sp³-hybridized carbons (Fsp3) is 0.467. The van der Waals surface area contributed by atoms with E-state index in [2.05, 4.69) is 55.9 Å². The van der Waals surface area contributed by atoms with Crippen LogP contribution >= 0.6 is 0 Å². The highest BCUT2D eigenvalue weighted by Crippen LogP contribution is 2.32. The molecule has 0 radical (unpaired) electrons. The summed E-state index contributed by atoms with van der Waals surface area (Å²) in [5, 5.41) is 3.29. The Balaban J connectivity index is 1.29. The van der Waals surface area contributed by atoms with E-state index in [-0.39, 0.29) is 29.5 Å². The molecule has 0 unspecified atom stereocenters. The van der Waals surface area contributed by atoms with Crippen LogP contribution in [0.2, 0.25) is 0 Å². The maximum Gasteiger partial charge on any atom is 0.174 e. The van der Waals surface area contributed by atoms with E-state index in [0.717, 1.165) is 51.0 Å². The number of allylic oxidation sites excluding steroid dienone is 1. The fourth-order valence-electron chi connectivity index (χ4n) is 5.18. The maximum absolute atomic E-state index is 14.7. The minimum atomic E-state index is -0.862. The summed E-state index contributed by atoms with van der Waals surface area (Å²) in [7, 11) is 4.78. The van der Waals surface area contributed by atoms with E-state index < -0.39 is 18.2 Å². The number of ether oxygens (including phenoxy) is 3. The van der Waals surface area contributed by atoms with E-state index in [9.17, 15) is 8.78 Å². The van der Waals surface area contributed by atoms with Crippen LogP contribution in [-0.2, 0) is 11.3 Å². The largest absolute Gasteiger partial charge is 0.494 e. The van der Waals surface area contributed by atoms with Gasteiger partial charge in [0.1, 0.15) is 13.3 Å². The zero-order valence-corrected chi connectivity index (χ0v) is 24.1. The van der Waals surface area contributed by atoms with E-state index in [1.54, 1.807) is 0 Å². The van der Waals surface area contributed by atoms with E-state index in [0.29, 0.717) is 6.04 Å². The molecule has 2 aromatic rings. The number of nitrogens with one attached hydrogen (secondary N) is 1. The Morgan fingerprint density at radius 3 is 2.34 bits per heavy atom. The van der Waals surface area contributed by atoms with Crippen LogP contribution in [0.1, 0.15) is 18.4 Å². The van der Waals surface area contributed by atoms with Crippen molar-refractivity contribution >= 4 is 24.3 Å². The third-order valence-corrected chi connectivity index (χ3v) is 7.59. The van der Waals surface area contributed by atoms with Crippen LogP contribution < -0.4 is 19.7 Å². The number of nitrogens with zero attached hydrogens (tertiary/aromatic N) is 5. The first-order valence-corrected chi connectivity index (χ1v) is 13.8. The number of halogens is 2. The summed E-state index contributed by atoms with van der Waals surface area (Å²) in [6.45, 7) is 9.99. The van der Waals surface area contributed by atoms with Gasteiger partial charge in [-0.25, -0.2) is 8.78 Å². The highest BCUT2D eigenvalue weighted by Gasteiger charge is 2.27. The molecule has 0 amide bonds. The van der Waals surface area contributed by atoms with Crippen LogP contribution in [0.25, 0.3) is 0 Å². The molecule has 0 atom stereocenters. The smallest absolute Gasteiger partial charge is 0.174 e. The van der Waals surface area contributed by atoms with Crippen molar-refractivity contribution in [2.45, 2.75) is 25.5 Å². The summed E-state index contributed by atoms with van der Waals surface area (Å²) in [6.07, 6.45) is 5.11. The van der Waals surface area contributed by atoms with Crippen molar-refractivity contribution in [3.8, 4) is 11.5 Å². The van der Waals surface area contributed by atoms with E-state index >= 15 is 0 Å². The second-order valence-electron chi connectivity index (χ2n) is 10.1. The monoisotopic (exact) mass is 570 g/mol. The lowest BCUT2D eigenvalue weighted by molar-refractivity contribution is 0.0982. The standard InChI is InChI=1S/C30H40F2N6O3/c1-33-18-25(41-20-26-29(31)27(39-3)17-28(40-4)30(26)32)19-34-21-35-22-6-5-7-24(16-22)37-10-8-23(9-11-37)38-14-12-36(2)13-15-38/h5-7,16-19,23,35H,1,8-15,20-21H2,2-4H3/b25-18+,34-19?. The van der Waals surface area contributed by atoms with Gasteiger partial charge in [0.25, 0.3) is 0 Å². The molecule has 0 aromatic heterocycles. The first-order valence-electron chi connectivity index (χ1n) is 13.8. The van der Waals surface area contributed by atoms with Crippen molar-refractivity contribution in [2.75, 3.05) is 77.4 Å². The molecule has 11 heteroatoms. The second-order valence-corrected chi connectivity index (χ2v) is 10.1. The SMILES string of the molecule is C=N/C=C(\C=NCNc1cccc(N2CCC(N3CCN(C)CC3)CC2)c1)OCc1c(F)c(OC)cc(OC)c1F. The van der Waals surface area contributed by atoms with E-state index in [1.807, 2.05) is 12.1 Å². The average Bonchev–Trinajstić information content (AvgIpc) is 3.00. The molecule has 0 aliphatic carbocycles. The number of hydrogen-bond acceptors (Lipinski definition) is 9. The molecule has 41 heavy (non-hydrogen) atoms. The molecular formula is C30H40F2N6O3. The topological polar surface area (TPSA) is 74.2 Å². The number of rotatable bonds is 12. The molecule has 0 bridgehead atoms. The minimum absolute atomic E-state index is 0.145. The van der Waals surface area contributed by atoms with Gasteiger partial charge in [-0.1, -0.05) is 6.07 Å². The Labute approximate surface area is 241 Å². The Hall–Kier alpha value is -3.70. The van der Waals surface area contributed by atoms with Crippen LogP contribution in [-0.4, -0.2) is 96.0 Å². The van der Waals surface area contributed by atoms with Gasteiger partial charge in [0.15, 0.2) is 28.9 Å². The van der Waals surface area contributed by atoms with Gasteiger partial charge in [-0.05, 0) is 44.8 Å². The number of likely N-dealkylation sites (N-methyl/N-ethyl adjacent to an activating group) is 1. The van der Waals surface area contributed by atoms with Crippen molar-refractivity contribution in [3.05, 3.63) is 59.5 Å². The highest BCUT2D eigenvalue weighted by atomic mass is 19.1. The van der Waals surface area contributed by atoms with Crippen LogP contribution in [0.5, 0.6) is 11.5 Å². The Morgan fingerprint density at radius 2 is 1.71 bits per heavy atom. The van der Waals surface area contributed by atoms with Gasteiger partial charge in [-0.15, -0.1) is 0 Å². The van der Waals surface area contributed by atoms with Crippen LogP contribution in [0.15, 0.2) is 52.3 Å². The molecule has 2 aliphatic heterocycles. The second kappa shape index (κ2) is 14.8. The predicted molar refractivity (Wildman–Crippen MR) is 160 cm³/mol. The van der Waals surface area contributed by atoms with Crippen molar-refractivity contribution in [1.29, 1.82) is 0 Å². The molecule has 4 rings (SSSR count). The van der Waals surface area contributed by atoms with Crippen LogP contribution in [0.3, 0.4) is 0 Å². The van der Waals surface area contributed by atoms with Gasteiger partial charge in [-0.3, -0.25) is 14.9 Å². The normalized spacial score (nSPS) is 17.6. The average molecular weight is 571 g/mol. The highest BCUT2D eigenvalue weighted by molar-refractivity contribution is 5.76. The van der Waals surface area contributed by atoms with Crippen molar-refractivity contribution in [3.63, 3.8) is 0 Å². The van der Waals surface area contributed by atoms with E-state index in [4.69, 9.17) is 14.2 Å². The Bertz CT molecular complexity index is 1200. The minimum Gasteiger partial charge on any atom is -0.494 e. The number of anilines is 2. The molecule has 2 heterocycles. The quantitative estimate of drug-likeness (QED) is 0.300. The first kappa shape index (κ1) is 30.3. The molecule has 0 spiro atoms. The summed E-state index contributed by atoms with van der Waals surface area (Å²) in [5.41, 5.74) is 1.81. The molecule has 2 saturated heterocycles. The maximum atomic E-state index is 14.7. The lowest BCUT2D eigenvalue weighted by Crippen LogP contribution is -2.52. The molecular weight excluding hydrogens is 530 g/mol. The first-order chi connectivity index (χ1) is 19.9. The molecule has 2 aromatic carbocycles. The third kappa shape index (κ3) is 7.95. The van der Waals surface area contributed by atoms with Gasteiger partial charge in [0, 0.05) is 62.8 Å². The summed E-state index contributed by atoms with van der Waals surface area (Å²) in [5.74, 6) is -1.82. The van der Waals surface area contributed by atoms with Crippen molar-refractivity contribution in [1.82, 2.24) is 9.80 Å². The summed E-state index contributed by atoms with van der Waals surface area (Å²) >= 11 is 0. The lowest BCUT2D eigenvalue weighted by atomic mass is 10.0. The number of hydrogen-bond donors (Lipinski definition) is 1. The van der Waals surface area contributed by atoms with Crippen molar-refractivity contribution < 1.29 is 23.0 Å². The number of benzene rings is 2. The van der Waals surface area contributed by atoms with Crippen LogP contribution in [0, 0.1) is 11.6 Å². The molecule has 2 fully saturated rings. The number of piperidine rings is 1. The fourth-order valence-corrected chi connectivity index (χ4v) is 5.18. The molecule has 2 aliphatic rings. The van der Waals surface area contributed by atoms with Crippen LogP contribution in [0.4, 0.5) is 20.2 Å². The van der Waals surface area contributed by atoms with Gasteiger partial charge < -0.3 is 29.3 Å². The summed E-state index contributed by atoms with van der Waals surface area (Å²) < 4.78 is 44.9. The van der Waals surface area contributed by atoms with Gasteiger partial charge in [0.05, 0.1) is 32.2 Å². The Kier molecular flexibility index (Phi) is 10.9. The molecule has 222 valence electrons. The number of methoxy groups -OCH3 is 2. The molecule has 9 nitrogen and oxygen atoms in total. The third-order valence-electron chi connectivity index (χ3n) is 7.59. The van der Waals surface area contributed by atoms with Crippen molar-refractivity contribution in [2.24, 2.45) is 9.98 Å². The molecule has 1 N–H and O–H groups in total. The predicted octanol–water partition coefficient (Wildman–Crippen LogP) is 4.40. The number of aliphatic imine (C=N–C) groups is 2. The van der Waals surface area contributed by atoms with Gasteiger partial charge in [0.2, 0.25) is 0 Å². The lowest BCUT2D eigenvalue weighted by Gasteiger charge is -2.42. The van der Waals surface area contributed by atoms with Gasteiger partial charge in [-0.2, -0.15) is 0 Å². The number of piperazine rings is 1. The summed E-state index contributed by atoms with van der Waals surface area (Å²) in [4.78, 5) is 15.5. The zero-order valence-electron chi connectivity index (χ0n) is 24.1.